The molecule has 7 rings (SSSR count). The molecule has 3 fully saturated rings. The Morgan fingerprint density at radius 3 is 2.00 bits per heavy atom. The van der Waals surface area contributed by atoms with Gasteiger partial charge in [0.25, 0.3) is 0 Å². The van der Waals surface area contributed by atoms with Crippen LogP contribution in [-0.2, 0) is 25.8 Å². The highest BCUT2D eigenvalue weighted by molar-refractivity contribution is 7.89. The molecule has 1 saturated carbocycles. The maximum Gasteiger partial charge on any atom is 0.435 e. The van der Waals surface area contributed by atoms with Crippen LogP contribution in [0.2, 0.25) is 0 Å². The second-order valence-corrected chi connectivity index (χ2v) is 15.9. The van der Waals surface area contributed by atoms with Gasteiger partial charge in [-0.1, -0.05) is 42.7 Å². The zero-order valence-electron chi connectivity index (χ0n) is 30.2. The minimum Gasteiger partial charge on any atom is -0.338 e. The maximum absolute atomic E-state index is 13.1. The summed E-state index contributed by atoms with van der Waals surface area (Å²) in [4.78, 5) is 39.7. The number of carbonyl (C=O) groups excluding carboxylic acids is 2. The first-order chi connectivity index (χ1) is 25.7. The minimum atomic E-state index is -4.61. The number of halogens is 3. The number of unbranched alkanes of at least 4 members (excludes halogenated alkanes) is 1. The summed E-state index contributed by atoms with van der Waals surface area (Å²) in [6, 6.07) is 14.9. The van der Waals surface area contributed by atoms with E-state index in [1.807, 2.05) is 13.0 Å². The highest BCUT2D eigenvalue weighted by Gasteiger charge is 2.44. The van der Waals surface area contributed by atoms with Crippen molar-refractivity contribution in [3.8, 4) is 16.9 Å². The van der Waals surface area contributed by atoms with Crippen LogP contribution in [0.15, 0.2) is 78.0 Å². The smallest absolute Gasteiger partial charge is 0.338 e. The first-order valence-corrected chi connectivity index (χ1v) is 19.7. The van der Waals surface area contributed by atoms with Crippen LogP contribution in [0.3, 0.4) is 0 Å². The van der Waals surface area contributed by atoms with Gasteiger partial charge in [0, 0.05) is 63.5 Å². The van der Waals surface area contributed by atoms with Crippen molar-refractivity contribution >= 4 is 27.8 Å². The fourth-order valence-electron chi connectivity index (χ4n) is 7.42. The van der Waals surface area contributed by atoms with Gasteiger partial charge in [-0.15, -0.1) is 0 Å². The lowest BCUT2D eigenvalue weighted by Gasteiger charge is -2.37. The standard InChI is InChI=1S/C21H31N5O2.C17H14F3N3O2S/c27-18-16-21(6-1-2-7-21)17-19(28)26(18)11-4-3-10-24-12-14-25(15-13-24)20-22-8-5-9-23-20;1-11-2-4-12(5-3-11)15-10-16(17(18,19)20)22-23(15)13-6-8-14(9-7-13)26(21,24)25/h5,8-9H,1-4,6-7,10-17H2;2-10H,1H3,(H2,21,24,25). The predicted molar refractivity (Wildman–Crippen MR) is 197 cm³/mol. The SMILES string of the molecule is Cc1ccc(-c2cc(C(F)(F)F)nn2-c2ccc(S(N)(=O)=O)cc2)cc1.O=C1CC2(CCCC2)CC(=O)N1CCCCN1CCN(c2ncccn2)CC1. The number of anilines is 1. The zero-order valence-corrected chi connectivity index (χ0v) is 31.0. The van der Waals surface area contributed by atoms with E-state index in [0.29, 0.717) is 24.9 Å². The Labute approximate surface area is 313 Å². The number of carbonyl (C=O) groups is 2. The van der Waals surface area contributed by atoms with Crippen LogP contribution >= 0.6 is 0 Å². The van der Waals surface area contributed by atoms with Crippen LogP contribution in [0.4, 0.5) is 19.1 Å². The molecule has 54 heavy (non-hydrogen) atoms. The van der Waals surface area contributed by atoms with E-state index in [2.05, 4.69) is 24.9 Å². The molecule has 0 bridgehead atoms. The largest absolute Gasteiger partial charge is 0.435 e. The first kappa shape index (κ1) is 39.0. The number of piperazine rings is 1. The van der Waals surface area contributed by atoms with Gasteiger partial charge in [0.15, 0.2) is 5.69 Å². The summed E-state index contributed by atoms with van der Waals surface area (Å²) in [5.41, 5.74) is 1.00. The van der Waals surface area contributed by atoms with Gasteiger partial charge in [-0.3, -0.25) is 19.4 Å². The van der Waals surface area contributed by atoms with Crippen molar-refractivity contribution in [2.24, 2.45) is 10.6 Å². The number of nitrogens with zero attached hydrogens (tertiary/aromatic N) is 7. The Hall–Kier alpha value is -4.67. The van der Waals surface area contributed by atoms with Gasteiger partial charge < -0.3 is 4.90 Å². The molecule has 1 aliphatic carbocycles. The number of imide groups is 1. The van der Waals surface area contributed by atoms with Gasteiger partial charge in [-0.05, 0) is 81.0 Å². The molecule has 2 aromatic heterocycles. The van der Waals surface area contributed by atoms with Crippen molar-refractivity contribution in [3.63, 3.8) is 0 Å². The van der Waals surface area contributed by atoms with Crippen molar-refractivity contribution in [2.45, 2.75) is 69.4 Å². The summed E-state index contributed by atoms with van der Waals surface area (Å²) < 4.78 is 63.2. The molecule has 0 radical (unpaired) electrons. The van der Waals surface area contributed by atoms with E-state index < -0.39 is 21.9 Å². The summed E-state index contributed by atoms with van der Waals surface area (Å²) in [7, 11) is -3.90. The van der Waals surface area contributed by atoms with E-state index in [1.165, 1.54) is 42.0 Å². The molecule has 0 unspecified atom stereocenters. The number of rotatable bonds is 9. The Morgan fingerprint density at radius 1 is 0.833 bits per heavy atom. The van der Waals surface area contributed by atoms with E-state index >= 15 is 0 Å². The molecule has 12 nitrogen and oxygen atoms in total. The van der Waals surface area contributed by atoms with Gasteiger partial charge in [0.05, 0.1) is 16.3 Å². The lowest BCUT2D eigenvalue weighted by Crippen LogP contribution is -2.48. The lowest BCUT2D eigenvalue weighted by atomic mass is 9.76. The second-order valence-electron chi connectivity index (χ2n) is 14.3. The van der Waals surface area contributed by atoms with Crippen molar-refractivity contribution in [3.05, 3.63) is 84.3 Å². The third-order valence-electron chi connectivity index (χ3n) is 10.4. The molecule has 2 amide bonds. The molecular weight excluding hydrogens is 722 g/mol. The van der Waals surface area contributed by atoms with E-state index in [1.54, 1.807) is 36.7 Å². The second kappa shape index (κ2) is 16.4. The maximum atomic E-state index is 13.1. The van der Waals surface area contributed by atoms with Gasteiger partial charge in [0.2, 0.25) is 27.8 Å². The number of amides is 2. The number of aryl methyl sites for hydroxylation is 1. The highest BCUT2D eigenvalue weighted by Crippen LogP contribution is 2.47. The molecule has 4 heterocycles. The number of alkyl halides is 3. The van der Waals surface area contributed by atoms with Crippen molar-refractivity contribution in [1.29, 1.82) is 0 Å². The molecule has 2 aliphatic heterocycles. The van der Waals surface area contributed by atoms with Gasteiger partial charge >= 0.3 is 6.18 Å². The van der Waals surface area contributed by atoms with Crippen LogP contribution in [0.25, 0.3) is 16.9 Å². The number of nitrogens with two attached hydrogens (primary N) is 1. The quantitative estimate of drug-likeness (QED) is 0.170. The molecule has 1 spiro atoms. The number of aromatic nitrogens is 4. The van der Waals surface area contributed by atoms with Crippen LogP contribution in [0, 0.1) is 12.3 Å². The normalized spacial score (nSPS) is 17.9. The number of benzene rings is 2. The molecule has 3 aliphatic rings. The molecule has 288 valence electrons. The van der Waals surface area contributed by atoms with Gasteiger partial charge in [-0.2, -0.15) is 18.3 Å². The third-order valence-corrected chi connectivity index (χ3v) is 11.3. The molecule has 4 aromatic rings. The Bertz CT molecular complexity index is 1990. The zero-order chi connectivity index (χ0) is 38.5. The molecule has 2 aromatic carbocycles. The number of hydrogen-bond donors (Lipinski definition) is 1. The first-order valence-electron chi connectivity index (χ1n) is 18.2. The molecule has 0 atom stereocenters. The van der Waals surface area contributed by atoms with Crippen LogP contribution in [0.5, 0.6) is 0 Å². The van der Waals surface area contributed by atoms with E-state index in [4.69, 9.17) is 5.14 Å². The van der Waals surface area contributed by atoms with Crippen molar-refractivity contribution in [1.82, 2.24) is 29.5 Å². The summed E-state index contributed by atoms with van der Waals surface area (Å²) >= 11 is 0. The summed E-state index contributed by atoms with van der Waals surface area (Å²) in [5.74, 6) is 0.938. The summed E-state index contributed by atoms with van der Waals surface area (Å²) in [6.45, 7) is 7.36. The van der Waals surface area contributed by atoms with Crippen LogP contribution in [-0.4, -0.2) is 89.0 Å². The van der Waals surface area contributed by atoms with E-state index in [9.17, 15) is 31.2 Å². The number of likely N-dealkylation sites (tertiary alicyclic amines) is 1. The average molecular weight is 767 g/mol. The Kier molecular flexibility index (Phi) is 11.8. The van der Waals surface area contributed by atoms with Crippen molar-refractivity contribution < 1.29 is 31.2 Å². The average Bonchev–Trinajstić information content (AvgIpc) is 3.80. The number of hydrogen-bond acceptors (Lipinski definition) is 9. The Morgan fingerprint density at radius 2 is 1.43 bits per heavy atom. The fraction of sp³-hybridized carbons (Fsp3) is 0.447. The molecular formula is C38H45F3N8O4S. The topological polar surface area (TPSA) is 148 Å². The monoisotopic (exact) mass is 766 g/mol. The summed E-state index contributed by atoms with van der Waals surface area (Å²) in [5, 5.41) is 8.70. The molecule has 2 saturated heterocycles. The van der Waals surface area contributed by atoms with Crippen LogP contribution < -0.4 is 10.0 Å². The van der Waals surface area contributed by atoms with Gasteiger partial charge in [0.1, 0.15) is 0 Å². The molecule has 2 N–H and O–H groups in total. The third kappa shape index (κ3) is 9.51. The number of primary sulfonamides is 1. The van der Waals surface area contributed by atoms with E-state index in [-0.39, 0.29) is 33.5 Å². The fourth-order valence-corrected chi connectivity index (χ4v) is 7.93. The predicted octanol–water partition coefficient (Wildman–Crippen LogP) is 5.60. The molecule has 16 heteroatoms. The lowest BCUT2D eigenvalue weighted by molar-refractivity contribution is -0.153. The summed E-state index contributed by atoms with van der Waals surface area (Å²) in [6.07, 6.45) is 6.50. The van der Waals surface area contributed by atoms with E-state index in [0.717, 1.165) is 80.7 Å². The van der Waals surface area contributed by atoms with Gasteiger partial charge in [-0.25, -0.2) is 28.2 Å². The highest BCUT2D eigenvalue weighted by atomic mass is 32.2. The number of sulfonamides is 1. The van der Waals surface area contributed by atoms with Crippen LogP contribution in [0.1, 0.15) is 62.6 Å². The minimum absolute atomic E-state index is 0.00676. The van der Waals surface area contributed by atoms with Crippen molar-refractivity contribution in [2.75, 3.05) is 44.2 Å². The number of piperidine rings is 1. The Balaban J connectivity index is 0.000000185.